The highest BCUT2D eigenvalue weighted by Gasteiger charge is 2.38. The second kappa shape index (κ2) is 10.4. The molecule has 4 rings (SSSR count). The Balaban J connectivity index is 1.53. The van der Waals surface area contributed by atoms with E-state index in [2.05, 4.69) is 45.2 Å². The molecule has 0 radical (unpaired) electrons. The molecule has 37 heavy (non-hydrogen) atoms. The van der Waals surface area contributed by atoms with Gasteiger partial charge < -0.3 is 10.1 Å². The van der Waals surface area contributed by atoms with Crippen molar-refractivity contribution in [3.8, 4) is 34.8 Å². The van der Waals surface area contributed by atoms with E-state index >= 15 is 0 Å². The number of ether oxygens (including phenoxy) is 1. The predicted molar refractivity (Wildman–Crippen MR) is 146 cm³/mol. The molecule has 0 bridgehead atoms. The first kappa shape index (κ1) is 26.4. The molecule has 6 heteroatoms. The Morgan fingerprint density at radius 1 is 0.973 bits per heavy atom. The highest BCUT2D eigenvalue weighted by Crippen LogP contribution is 2.38. The molecule has 0 saturated carbocycles. The van der Waals surface area contributed by atoms with Crippen molar-refractivity contribution in [2.24, 2.45) is 5.92 Å². The third kappa shape index (κ3) is 6.20. The van der Waals surface area contributed by atoms with Gasteiger partial charge in [-0.15, -0.1) is 0 Å². The van der Waals surface area contributed by atoms with Gasteiger partial charge >= 0.3 is 0 Å². The highest BCUT2D eigenvalue weighted by atomic mass is 35.5. The molecule has 1 fully saturated rings. The monoisotopic (exact) mass is 511 g/mol. The topological polar surface area (TPSA) is 85.9 Å². The summed E-state index contributed by atoms with van der Waals surface area (Å²) in [4.78, 5) is 13.1. The fourth-order valence-corrected chi connectivity index (χ4v) is 5.85. The van der Waals surface area contributed by atoms with Gasteiger partial charge in [0.1, 0.15) is 23.1 Å². The number of hydrogen-bond acceptors (Lipinski definition) is 5. The van der Waals surface area contributed by atoms with Gasteiger partial charge in [0.05, 0.1) is 16.7 Å². The van der Waals surface area contributed by atoms with Crippen molar-refractivity contribution >= 4 is 17.4 Å². The van der Waals surface area contributed by atoms with E-state index in [1.807, 2.05) is 6.07 Å². The fourth-order valence-electron chi connectivity index (χ4n) is 5.63. The molecule has 1 heterocycles. The number of rotatable bonds is 6. The highest BCUT2D eigenvalue weighted by molar-refractivity contribution is 6.32. The molecule has 0 aliphatic carbocycles. The molecule has 0 aromatic heterocycles. The molecule has 1 saturated heterocycles. The number of carbonyl (C=O) groups excluding carboxylic acids is 1. The summed E-state index contributed by atoms with van der Waals surface area (Å²) in [6.07, 6.45) is 2.34. The summed E-state index contributed by atoms with van der Waals surface area (Å²) in [5.74, 6) is 1.09. The zero-order valence-corrected chi connectivity index (χ0v) is 22.3. The van der Waals surface area contributed by atoms with Crippen LogP contribution in [0.25, 0.3) is 11.1 Å². The fraction of sp³-hybridized carbons (Fsp3) is 0.323. The SMILES string of the molecule is CC1(C)CC(CC(=O)c2ccc(Oc3cccc(-c4ccc(C#N)cc4)c3C#N)c(Cl)c2)CC(C)(C)N1. The van der Waals surface area contributed by atoms with Crippen molar-refractivity contribution in [1.29, 1.82) is 10.5 Å². The van der Waals surface area contributed by atoms with E-state index in [9.17, 15) is 10.1 Å². The van der Waals surface area contributed by atoms with Gasteiger partial charge in [-0.2, -0.15) is 10.5 Å². The van der Waals surface area contributed by atoms with Crippen LogP contribution in [0.3, 0.4) is 0 Å². The Bertz CT molecular complexity index is 1400. The first-order valence-corrected chi connectivity index (χ1v) is 12.7. The lowest BCUT2D eigenvalue weighted by Gasteiger charge is -2.46. The summed E-state index contributed by atoms with van der Waals surface area (Å²) >= 11 is 6.54. The Morgan fingerprint density at radius 3 is 2.24 bits per heavy atom. The van der Waals surface area contributed by atoms with E-state index in [4.69, 9.17) is 21.6 Å². The standard InChI is InChI=1S/C31H30ClN3O2/c1-30(2)16-21(17-31(3,4)35-30)14-27(36)23-12-13-29(26(32)15-23)37-28-7-5-6-24(25(28)19-34)22-10-8-20(18-33)9-11-22/h5-13,15,21,35H,14,16-17H2,1-4H3. The molecule has 188 valence electrons. The van der Waals surface area contributed by atoms with Crippen LogP contribution in [0.15, 0.2) is 60.7 Å². The van der Waals surface area contributed by atoms with E-state index in [0.717, 1.165) is 18.4 Å². The van der Waals surface area contributed by atoms with Crippen LogP contribution in [-0.2, 0) is 0 Å². The van der Waals surface area contributed by atoms with Crippen LogP contribution < -0.4 is 10.1 Å². The van der Waals surface area contributed by atoms with Crippen LogP contribution in [-0.4, -0.2) is 16.9 Å². The van der Waals surface area contributed by atoms with E-state index in [1.165, 1.54) is 0 Å². The van der Waals surface area contributed by atoms with Crippen LogP contribution >= 0.6 is 11.6 Å². The molecule has 5 nitrogen and oxygen atoms in total. The van der Waals surface area contributed by atoms with Crippen molar-refractivity contribution in [1.82, 2.24) is 5.32 Å². The number of nitriles is 2. The smallest absolute Gasteiger partial charge is 0.163 e. The van der Waals surface area contributed by atoms with E-state index in [-0.39, 0.29) is 22.8 Å². The van der Waals surface area contributed by atoms with Gasteiger partial charge in [0.25, 0.3) is 0 Å². The van der Waals surface area contributed by atoms with Crippen molar-refractivity contribution in [2.45, 2.75) is 58.0 Å². The second-order valence-corrected chi connectivity index (χ2v) is 11.4. The summed E-state index contributed by atoms with van der Waals surface area (Å²) in [6, 6.07) is 21.8. The average Bonchev–Trinajstić information content (AvgIpc) is 2.83. The second-order valence-electron chi connectivity index (χ2n) is 11.0. The zero-order valence-electron chi connectivity index (χ0n) is 21.6. The number of nitrogens with one attached hydrogen (secondary N) is 1. The molecule has 3 aromatic rings. The van der Waals surface area contributed by atoms with Crippen LogP contribution in [0.5, 0.6) is 11.5 Å². The Labute approximate surface area is 223 Å². The Morgan fingerprint density at radius 2 is 1.65 bits per heavy atom. The number of benzene rings is 3. The largest absolute Gasteiger partial charge is 0.454 e. The van der Waals surface area contributed by atoms with Gasteiger partial charge in [-0.05, 0) is 88.4 Å². The molecule has 0 unspecified atom stereocenters. The minimum atomic E-state index is -0.0210. The van der Waals surface area contributed by atoms with Crippen LogP contribution in [0.4, 0.5) is 0 Å². The van der Waals surface area contributed by atoms with Gasteiger partial charge in [0.2, 0.25) is 0 Å². The van der Waals surface area contributed by atoms with E-state index in [0.29, 0.717) is 45.2 Å². The Hall–Kier alpha value is -3.64. The van der Waals surface area contributed by atoms with Gasteiger partial charge in [-0.1, -0.05) is 35.9 Å². The third-order valence-corrected chi connectivity index (χ3v) is 6.98. The van der Waals surface area contributed by atoms with Crippen LogP contribution in [0.1, 0.15) is 68.4 Å². The van der Waals surface area contributed by atoms with Crippen LogP contribution in [0, 0.1) is 28.6 Å². The van der Waals surface area contributed by atoms with Gasteiger partial charge in [-0.25, -0.2) is 0 Å². The van der Waals surface area contributed by atoms with Gasteiger partial charge in [-0.3, -0.25) is 4.79 Å². The molecule has 0 spiro atoms. The maximum Gasteiger partial charge on any atom is 0.163 e. The quantitative estimate of drug-likeness (QED) is 0.343. The molecule has 0 amide bonds. The Kier molecular flexibility index (Phi) is 7.42. The van der Waals surface area contributed by atoms with Crippen molar-refractivity contribution in [3.63, 3.8) is 0 Å². The van der Waals surface area contributed by atoms with Crippen LogP contribution in [0.2, 0.25) is 5.02 Å². The summed E-state index contributed by atoms with van der Waals surface area (Å²) in [5, 5.41) is 22.9. The van der Waals surface area contributed by atoms with E-state index < -0.39 is 0 Å². The lowest BCUT2D eigenvalue weighted by molar-refractivity contribution is 0.0864. The number of hydrogen-bond donors (Lipinski definition) is 1. The molecule has 0 atom stereocenters. The molecule has 1 aliphatic heterocycles. The lowest BCUT2D eigenvalue weighted by Crippen LogP contribution is -2.57. The number of piperidine rings is 1. The minimum absolute atomic E-state index is 0.0210. The zero-order chi connectivity index (χ0) is 26.8. The van der Waals surface area contributed by atoms with Gasteiger partial charge in [0, 0.05) is 28.6 Å². The number of ketones is 1. The first-order valence-electron chi connectivity index (χ1n) is 12.3. The number of nitrogens with zero attached hydrogens (tertiary/aromatic N) is 2. The first-order chi connectivity index (χ1) is 17.5. The summed E-state index contributed by atoms with van der Waals surface area (Å²) in [7, 11) is 0. The average molecular weight is 512 g/mol. The molecule has 1 aliphatic rings. The normalized spacial score (nSPS) is 16.4. The lowest BCUT2D eigenvalue weighted by atomic mass is 9.74. The molecular weight excluding hydrogens is 482 g/mol. The van der Waals surface area contributed by atoms with Crippen molar-refractivity contribution in [3.05, 3.63) is 82.4 Å². The molecular formula is C31H30ClN3O2. The van der Waals surface area contributed by atoms with Crippen molar-refractivity contribution < 1.29 is 9.53 Å². The number of Topliss-reactive ketones (excluding diaryl/α,β-unsaturated/α-hetero) is 1. The predicted octanol–water partition coefficient (Wildman–Crippen LogP) is 7.67. The van der Waals surface area contributed by atoms with Crippen molar-refractivity contribution in [2.75, 3.05) is 0 Å². The maximum atomic E-state index is 13.1. The van der Waals surface area contributed by atoms with Gasteiger partial charge in [0.15, 0.2) is 5.78 Å². The minimum Gasteiger partial charge on any atom is -0.454 e. The molecule has 3 aromatic carbocycles. The summed E-state index contributed by atoms with van der Waals surface area (Å²) in [6.45, 7) is 8.72. The van der Waals surface area contributed by atoms with E-state index in [1.54, 1.807) is 54.6 Å². The number of halogens is 1. The summed E-state index contributed by atoms with van der Waals surface area (Å²) < 4.78 is 6.05. The molecule has 1 N–H and O–H groups in total. The summed E-state index contributed by atoms with van der Waals surface area (Å²) in [5.41, 5.74) is 2.92. The third-order valence-electron chi connectivity index (χ3n) is 6.69. The maximum absolute atomic E-state index is 13.1. The number of carbonyl (C=O) groups is 1.